The zero-order valence-electron chi connectivity index (χ0n) is 16.8. The van der Waals surface area contributed by atoms with Gasteiger partial charge in [-0.05, 0) is 55.0 Å². The fourth-order valence-electron chi connectivity index (χ4n) is 3.40. The summed E-state index contributed by atoms with van der Waals surface area (Å²) in [5, 5.41) is 0. The van der Waals surface area contributed by atoms with E-state index in [1.807, 2.05) is 18.2 Å². The zero-order valence-corrected chi connectivity index (χ0v) is 17.6. The highest BCUT2D eigenvalue weighted by Crippen LogP contribution is 2.30. The molecule has 0 spiro atoms. The first kappa shape index (κ1) is 22.1. The van der Waals surface area contributed by atoms with Gasteiger partial charge in [0, 0.05) is 25.3 Å². The minimum Gasteiger partial charge on any atom is -0.457 e. The molecule has 1 saturated heterocycles. The van der Waals surface area contributed by atoms with E-state index in [0.717, 1.165) is 12.3 Å². The number of hydrogen-bond acceptors (Lipinski definition) is 5. The highest BCUT2D eigenvalue weighted by atomic mass is 32.2. The second-order valence-electron chi connectivity index (χ2n) is 7.34. The molecule has 2 aromatic carbocycles. The van der Waals surface area contributed by atoms with Crippen LogP contribution < -0.4 is 14.4 Å². The first-order valence-electron chi connectivity index (χ1n) is 9.84. The van der Waals surface area contributed by atoms with Crippen LogP contribution >= 0.6 is 0 Å². The molecule has 10 heteroatoms. The molecule has 2 heterocycles. The van der Waals surface area contributed by atoms with Gasteiger partial charge < -0.3 is 9.64 Å². The number of hydrogen-bond donors (Lipinski definition) is 1. The van der Waals surface area contributed by atoms with Gasteiger partial charge in [-0.3, -0.25) is 0 Å². The third-order valence-corrected chi connectivity index (χ3v) is 6.56. The predicted molar refractivity (Wildman–Crippen MR) is 113 cm³/mol. The number of benzene rings is 2. The second-order valence-corrected chi connectivity index (χ2v) is 9.06. The number of rotatable bonds is 6. The first-order chi connectivity index (χ1) is 15.2. The van der Waals surface area contributed by atoms with E-state index in [2.05, 4.69) is 9.71 Å². The average Bonchev–Trinajstić information content (AvgIpc) is 3.22. The van der Waals surface area contributed by atoms with Gasteiger partial charge >= 0.3 is 6.18 Å². The van der Waals surface area contributed by atoms with Crippen molar-refractivity contribution in [1.29, 1.82) is 0 Å². The molecule has 3 aromatic rings. The van der Waals surface area contributed by atoms with Crippen LogP contribution in [-0.2, 0) is 16.2 Å². The molecule has 1 N–H and O–H groups in total. The molecule has 0 amide bonds. The summed E-state index contributed by atoms with van der Waals surface area (Å²) < 4.78 is 71.9. The molecule has 1 atom stereocenters. The number of sulfonamides is 1. The van der Waals surface area contributed by atoms with Crippen LogP contribution in [0.3, 0.4) is 0 Å². The Morgan fingerprint density at radius 2 is 1.66 bits per heavy atom. The van der Waals surface area contributed by atoms with Crippen LogP contribution in [0.15, 0.2) is 77.8 Å². The molecular weight excluding hydrogens is 443 g/mol. The molecule has 0 bridgehead atoms. The van der Waals surface area contributed by atoms with Crippen LogP contribution in [0.25, 0.3) is 0 Å². The fourth-order valence-corrected chi connectivity index (χ4v) is 4.67. The van der Waals surface area contributed by atoms with E-state index in [1.165, 1.54) is 18.2 Å². The number of nitrogens with zero attached hydrogens (tertiary/aromatic N) is 2. The SMILES string of the molecule is O=S(=O)(NC1CCN(c2ccc(C(F)(F)F)cn2)C1)c1ccc(Oc2ccccc2)cc1. The van der Waals surface area contributed by atoms with E-state index >= 15 is 0 Å². The maximum absolute atomic E-state index is 12.7. The van der Waals surface area contributed by atoms with Crippen LogP contribution in [0.5, 0.6) is 11.5 Å². The number of ether oxygens (including phenoxy) is 1. The number of aromatic nitrogens is 1. The van der Waals surface area contributed by atoms with Crippen LogP contribution in [0.4, 0.5) is 19.0 Å². The summed E-state index contributed by atoms with van der Waals surface area (Å²) in [6, 6.07) is 17.1. The lowest BCUT2D eigenvalue weighted by Gasteiger charge is -2.18. The topological polar surface area (TPSA) is 71.5 Å². The Balaban J connectivity index is 1.37. The molecule has 1 aliphatic rings. The Bertz CT molecular complexity index is 1150. The number of halogens is 3. The number of alkyl halides is 3. The summed E-state index contributed by atoms with van der Waals surface area (Å²) in [7, 11) is -3.77. The van der Waals surface area contributed by atoms with E-state index in [-0.39, 0.29) is 10.9 Å². The largest absolute Gasteiger partial charge is 0.457 e. The van der Waals surface area contributed by atoms with Crippen molar-refractivity contribution in [2.24, 2.45) is 0 Å². The minimum absolute atomic E-state index is 0.101. The fraction of sp³-hybridized carbons (Fsp3) is 0.227. The van der Waals surface area contributed by atoms with Gasteiger partial charge in [0.1, 0.15) is 17.3 Å². The molecule has 1 unspecified atom stereocenters. The first-order valence-corrected chi connectivity index (χ1v) is 11.3. The van der Waals surface area contributed by atoms with E-state index in [4.69, 9.17) is 4.74 Å². The molecule has 1 aliphatic heterocycles. The molecule has 6 nitrogen and oxygen atoms in total. The lowest BCUT2D eigenvalue weighted by atomic mass is 10.3. The van der Waals surface area contributed by atoms with Crippen molar-refractivity contribution in [3.8, 4) is 11.5 Å². The van der Waals surface area contributed by atoms with Gasteiger partial charge in [-0.15, -0.1) is 0 Å². The van der Waals surface area contributed by atoms with Gasteiger partial charge in [0.05, 0.1) is 10.5 Å². The number of pyridine rings is 1. The van der Waals surface area contributed by atoms with E-state index in [1.54, 1.807) is 29.2 Å². The Kier molecular flexibility index (Phi) is 6.07. The molecule has 1 fully saturated rings. The molecule has 32 heavy (non-hydrogen) atoms. The zero-order chi connectivity index (χ0) is 22.8. The predicted octanol–water partition coefficient (Wildman–Crippen LogP) is 4.45. The summed E-state index contributed by atoms with van der Waals surface area (Å²) in [5.41, 5.74) is -0.822. The molecule has 0 aliphatic carbocycles. The number of para-hydroxylation sites is 1. The normalized spacial score (nSPS) is 16.8. The van der Waals surface area contributed by atoms with Gasteiger partial charge in [0.25, 0.3) is 0 Å². The van der Waals surface area contributed by atoms with Crippen molar-refractivity contribution in [3.63, 3.8) is 0 Å². The third-order valence-electron chi connectivity index (χ3n) is 5.02. The quantitative estimate of drug-likeness (QED) is 0.585. The molecule has 1 aromatic heterocycles. The summed E-state index contributed by atoms with van der Waals surface area (Å²) >= 11 is 0. The monoisotopic (exact) mass is 463 g/mol. The molecule has 0 radical (unpaired) electrons. The Hall–Kier alpha value is -3.11. The Morgan fingerprint density at radius 3 is 2.28 bits per heavy atom. The van der Waals surface area contributed by atoms with E-state index in [9.17, 15) is 21.6 Å². The van der Waals surface area contributed by atoms with Crippen LogP contribution in [0, 0.1) is 0 Å². The van der Waals surface area contributed by atoms with Gasteiger partial charge in [0.15, 0.2) is 0 Å². The van der Waals surface area contributed by atoms with Crippen LogP contribution in [0.1, 0.15) is 12.0 Å². The minimum atomic E-state index is -4.45. The summed E-state index contributed by atoms with van der Waals surface area (Å²) in [6.07, 6.45) is -3.15. The summed E-state index contributed by atoms with van der Waals surface area (Å²) in [5.74, 6) is 1.53. The molecular formula is C22H20F3N3O3S. The van der Waals surface area contributed by atoms with Gasteiger partial charge in [-0.1, -0.05) is 18.2 Å². The average molecular weight is 463 g/mol. The maximum Gasteiger partial charge on any atom is 0.417 e. The molecule has 4 rings (SSSR count). The van der Waals surface area contributed by atoms with Crippen molar-refractivity contribution >= 4 is 15.8 Å². The van der Waals surface area contributed by atoms with Crippen molar-refractivity contribution in [2.45, 2.75) is 23.5 Å². The second kappa shape index (κ2) is 8.79. The highest BCUT2D eigenvalue weighted by molar-refractivity contribution is 7.89. The maximum atomic E-state index is 12.7. The van der Waals surface area contributed by atoms with Crippen molar-refractivity contribution in [3.05, 3.63) is 78.5 Å². The Labute approximate surface area is 183 Å². The molecule has 0 saturated carbocycles. The van der Waals surface area contributed by atoms with Gasteiger partial charge in [0.2, 0.25) is 10.0 Å². The smallest absolute Gasteiger partial charge is 0.417 e. The van der Waals surface area contributed by atoms with E-state index in [0.29, 0.717) is 36.8 Å². The summed E-state index contributed by atoms with van der Waals surface area (Å²) in [6.45, 7) is 0.794. The highest BCUT2D eigenvalue weighted by Gasteiger charge is 2.32. The molecule has 168 valence electrons. The standard InChI is InChI=1S/C22H20F3N3O3S/c23-22(24,25)16-6-11-21(26-14-16)28-13-12-17(15-28)27-32(29,30)20-9-7-19(8-10-20)31-18-4-2-1-3-5-18/h1-11,14,17,27H,12-13,15H2. The lowest BCUT2D eigenvalue weighted by Crippen LogP contribution is -2.37. The van der Waals surface area contributed by atoms with Crippen molar-refractivity contribution in [2.75, 3.05) is 18.0 Å². The number of anilines is 1. The summed E-state index contributed by atoms with van der Waals surface area (Å²) in [4.78, 5) is 5.73. The lowest BCUT2D eigenvalue weighted by molar-refractivity contribution is -0.137. The third kappa shape index (κ3) is 5.20. The van der Waals surface area contributed by atoms with Gasteiger partial charge in [-0.25, -0.2) is 18.1 Å². The van der Waals surface area contributed by atoms with Gasteiger partial charge in [-0.2, -0.15) is 13.2 Å². The Morgan fingerprint density at radius 1 is 0.969 bits per heavy atom. The number of nitrogens with one attached hydrogen (secondary N) is 1. The van der Waals surface area contributed by atoms with E-state index < -0.39 is 21.8 Å². The van der Waals surface area contributed by atoms with Crippen molar-refractivity contribution in [1.82, 2.24) is 9.71 Å². The van der Waals surface area contributed by atoms with Crippen LogP contribution in [-0.4, -0.2) is 32.5 Å². The van der Waals surface area contributed by atoms with Crippen LogP contribution in [0.2, 0.25) is 0 Å². The van der Waals surface area contributed by atoms with Crippen molar-refractivity contribution < 1.29 is 26.3 Å².